The van der Waals surface area contributed by atoms with Crippen molar-refractivity contribution >= 4 is 12.0 Å². The van der Waals surface area contributed by atoms with Crippen LogP contribution < -0.4 is 5.32 Å². The minimum atomic E-state index is -1.44. The highest BCUT2D eigenvalue weighted by Gasteiger charge is 2.23. The molecular formula is C12H22N2O5. The van der Waals surface area contributed by atoms with Crippen LogP contribution in [-0.4, -0.2) is 64.6 Å². The Morgan fingerprint density at radius 1 is 1.42 bits per heavy atom. The Hall–Kier alpha value is -1.34. The van der Waals surface area contributed by atoms with Gasteiger partial charge in [-0.1, -0.05) is 0 Å². The van der Waals surface area contributed by atoms with Gasteiger partial charge >= 0.3 is 12.0 Å². The molecule has 7 nitrogen and oxygen atoms in total. The van der Waals surface area contributed by atoms with E-state index < -0.39 is 12.1 Å². The lowest BCUT2D eigenvalue weighted by Crippen LogP contribution is -2.46. The number of aliphatic hydroxyl groups is 2. The molecule has 2 unspecified atom stereocenters. The van der Waals surface area contributed by atoms with Gasteiger partial charge in [0.1, 0.15) is 0 Å². The van der Waals surface area contributed by atoms with E-state index in [0.717, 1.165) is 12.8 Å². The fourth-order valence-corrected chi connectivity index (χ4v) is 2.22. The number of urea groups is 1. The number of hydrogen-bond donors (Lipinski definition) is 4. The molecule has 0 aromatic carbocycles. The summed E-state index contributed by atoms with van der Waals surface area (Å²) in [7, 11) is 0. The van der Waals surface area contributed by atoms with Crippen LogP contribution in [0.1, 0.15) is 25.7 Å². The van der Waals surface area contributed by atoms with Gasteiger partial charge in [-0.15, -0.1) is 0 Å². The Labute approximate surface area is 112 Å². The minimum absolute atomic E-state index is 0.00498. The third-order valence-electron chi connectivity index (χ3n) is 3.32. The van der Waals surface area contributed by atoms with Crippen molar-refractivity contribution in [3.8, 4) is 0 Å². The zero-order valence-electron chi connectivity index (χ0n) is 10.9. The number of aliphatic carboxylic acids is 1. The van der Waals surface area contributed by atoms with Crippen molar-refractivity contribution in [1.29, 1.82) is 0 Å². The van der Waals surface area contributed by atoms with Crippen LogP contribution in [0.4, 0.5) is 4.79 Å². The maximum absolute atomic E-state index is 11.8. The number of likely N-dealkylation sites (tertiary alicyclic amines) is 1. The second-order valence-corrected chi connectivity index (χ2v) is 4.84. The lowest BCUT2D eigenvalue weighted by atomic mass is 9.95. The number of nitrogens with zero attached hydrogens (tertiary/aromatic N) is 1. The zero-order valence-corrected chi connectivity index (χ0v) is 10.9. The van der Waals surface area contributed by atoms with Gasteiger partial charge in [-0.3, -0.25) is 0 Å². The van der Waals surface area contributed by atoms with Gasteiger partial charge in [0.05, 0.1) is 0 Å². The van der Waals surface area contributed by atoms with Crippen molar-refractivity contribution in [3.63, 3.8) is 0 Å². The van der Waals surface area contributed by atoms with E-state index in [-0.39, 0.29) is 25.6 Å². The van der Waals surface area contributed by atoms with E-state index in [4.69, 9.17) is 15.3 Å². The topological polar surface area (TPSA) is 110 Å². The second-order valence-electron chi connectivity index (χ2n) is 4.84. The Balaban J connectivity index is 2.27. The van der Waals surface area contributed by atoms with Crippen LogP contribution in [0.2, 0.25) is 0 Å². The Morgan fingerprint density at radius 3 is 2.79 bits per heavy atom. The highest BCUT2D eigenvalue weighted by Crippen LogP contribution is 2.19. The molecule has 0 aliphatic carbocycles. The average Bonchev–Trinajstić information content (AvgIpc) is 2.39. The summed E-state index contributed by atoms with van der Waals surface area (Å²) in [4.78, 5) is 23.9. The third-order valence-corrected chi connectivity index (χ3v) is 3.32. The lowest BCUT2D eigenvalue weighted by Gasteiger charge is -2.32. The standard InChI is InChI=1S/C12H22N2O5/c15-7-4-9-2-1-6-14(8-9)12(19)13-5-3-10(16)11(17)18/h9-10,15-16H,1-8H2,(H,13,19)(H,17,18). The van der Waals surface area contributed by atoms with Gasteiger partial charge in [-0.05, 0) is 25.2 Å². The molecule has 0 saturated carbocycles. The van der Waals surface area contributed by atoms with Crippen LogP contribution in [0.5, 0.6) is 0 Å². The monoisotopic (exact) mass is 274 g/mol. The molecule has 19 heavy (non-hydrogen) atoms. The van der Waals surface area contributed by atoms with E-state index in [0.29, 0.717) is 25.4 Å². The number of nitrogens with one attached hydrogen (secondary N) is 1. The molecule has 0 spiro atoms. The zero-order chi connectivity index (χ0) is 14.3. The number of carbonyl (C=O) groups is 2. The minimum Gasteiger partial charge on any atom is -0.479 e. The maximum Gasteiger partial charge on any atom is 0.332 e. The van der Waals surface area contributed by atoms with Crippen LogP contribution >= 0.6 is 0 Å². The molecule has 1 saturated heterocycles. The lowest BCUT2D eigenvalue weighted by molar-refractivity contribution is -0.146. The summed E-state index contributed by atoms with van der Waals surface area (Å²) < 4.78 is 0. The van der Waals surface area contributed by atoms with Crippen molar-refractivity contribution in [3.05, 3.63) is 0 Å². The van der Waals surface area contributed by atoms with Crippen molar-refractivity contribution in [1.82, 2.24) is 10.2 Å². The summed E-state index contributed by atoms with van der Waals surface area (Å²) in [5.74, 6) is -0.954. The Bertz CT molecular complexity index is 308. The summed E-state index contributed by atoms with van der Waals surface area (Å²) in [5, 5.41) is 29.1. The fraction of sp³-hybridized carbons (Fsp3) is 0.833. The number of piperidine rings is 1. The Kier molecular flexibility index (Phi) is 6.58. The highest BCUT2D eigenvalue weighted by atomic mass is 16.4. The second kappa shape index (κ2) is 7.96. The van der Waals surface area contributed by atoms with E-state index in [9.17, 15) is 9.59 Å². The molecule has 0 aromatic rings. The van der Waals surface area contributed by atoms with Crippen molar-refractivity contribution in [2.45, 2.75) is 31.8 Å². The molecule has 0 bridgehead atoms. The number of hydrogen-bond acceptors (Lipinski definition) is 4. The number of carboxylic acids is 1. The maximum atomic E-state index is 11.8. The third kappa shape index (κ3) is 5.44. The molecule has 0 radical (unpaired) electrons. The van der Waals surface area contributed by atoms with E-state index in [2.05, 4.69) is 5.32 Å². The molecule has 0 aromatic heterocycles. The first-order chi connectivity index (χ1) is 9.04. The van der Waals surface area contributed by atoms with Gasteiger partial charge in [0.15, 0.2) is 6.10 Å². The molecule has 2 amide bonds. The summed E-state index contributed by atoms with van der Waals surface area (Å²) in [5.41, 5.74) is 0. The average molecular weight is 274 g/mol. The van der Waals surface area contributed by atoms with Crippen LogP contribution in [0.3, 0.4) is 0 Å². The van der Waals surface area contributed by atoms with Gasteiger partial charge in [-0.2, -0.15) is 0 Å². The molecule has 1 rings (SSSR count). The summed E-state index contributed by atoms with van der Waals surface area (Å²) in [6.45, 7) is 1.56. The van der Waals surface area contributed by atoms with Crippen molar-refractivity contribution in [2.75, 3.05) is 26.2 Å². The van der Waals surface area contributed by atoms with Crippen LogP contribution in [-0.2, 0) is 4.79 Å². The number of carboxylic acid groups (broad SMARTS) is 1. The van der Waals surface area contributed by atoms with Crippen LogP contribution in [0, 0.1) is 5.92 Å². The van der Waals surface area contributed by atoms with E-state index in [1.807, 2.05) is 0 Å². The summed E-state index contributed by atoms with van der Waals surface area (Å²) in [6.07, 6.45) is 1.18. The largest absolute Gasteiger partial charge is 0.479 e. The molecule has 1 heterocycles. The molecule has 7 heteroatoms. The first kappa shape index (κ1) is 15.7. The SMILES string of the molecule is O=C(O)C(O)CCNC(=O)N1CCCC(CCO)C1. The van der Waals surface area contributed by atoms with Gasteiger partial charge in [0.2, 0.25) is 0 Å². The van der Waals surface area contributed by atoms with Gasteiger partial charge in [0.25, 0.3) is 0 Å². The number of aliphatic hydroxyl groups excluding tert-OH is 2. The quantitative estimate of drug-likeness (QED) is 0.528. The van der Waals surface area contributed by atoms with Crippen LogP contribution in [0.15, 0.2) is 0 Å². The van der Waals surface area contributed by atoms with Gasteiger partial charge < -0.3 is 25.5 Å². The van der Waals surface area contributed by atoms with Crippen LogP contribution in [0.25, 0.3) is 0 Å². The molecular weight excluding hydrogens is 252 g/mol. The number of carbonyl (C=O) groups excluding carboxylic acids is 1. The smallest absolute Gasteiger partial charge is 0.332 e. The van der Waals surface area contributed by atoms with E-state index >= 15 is 0 Å². The predicted molar refractivity (Wildman–Crippen MR) is 67.7 cm³/mol. The normalized spacial score (nSPS) is 20.9. The van der Waals surface area contributed by atoms with E-state index in [1.165, 1.54) is 0 Å². The fourth-order valence-electron chi connectivity index (χ4n) is 2.22. The molecule has 2 atom stereocenters. The highest BCUT2D eigenvalue weighted by molar-refractivity contribution is 5.74. The van der Waals surface area contributed by atoms with Gasteiger partial charge in [-0.25, -0.2) is 9.59 Å². The summed E-state index contributed by atoms with van der Waals surface area (Å²) >= 11 is 0. The number of rotatable bonds is 6. The predicted octanol–water partition coefficient (Wildman–Crippen LogP) is -0.374. The van der Waals surface area contributed by atoms with Crippen molar-refractivity contribution < 1.29 is 24.9 Å². The Morgan fingerprint density at radius 2 is 2.16 bits per heavy atom. The van der Waals surface area contributed by atoms with Crippen molar-refractivity contribution in [2.24, 2.45) is 5.92 Å². The molecule has 1 aliphatic heterocycles. The first-order valence-corrected chi connectivity index (χ1v) is 6.59. The van der Waals surface area contributed by atoms with E-state index in [1.54, 1.807) is 4.90 Å². The number of amides is 2. The van der Waals surface area contributed by atoms with Gasteiger partial charge in [0, 0.05) is 32.7 Å². The molecule has 4 N–H and O–H groups in total. The first-order valence-electron chi connectivity index (χ1n) is 6.59. The summed E-state index contributed by atoms with van der Waals surface area (Å²) in [6, 6.07) is -0.236. The molecule has 1 fully saturated rings. The molecule has 110 valence electrons. The molecule has 1 aliphatic rings.